The van der Waals surface area contributed by atoms with Gasteiger partial charge in [0.15, 0.2) is 0 Å². The molecule has 0 saturated carbocycles. The van der Waals surface area contributed by atoms with Crippen molar-refractivity contribution in [2.24, 2.45) is 5.73 Å². The van der Waals surface area contributed by atoms with Gasteiger partial charge in [-0.2, -0.15) is 13.2 Å². The van der Waals surface area contributed by atoms with Crippen molar-refractivity contribution >= 4 is 0 Å². The number of hydrogen-bond acceptors (Lipinski definition) is 2. The van der Waals surface area contributed by atoms with Crippen molar-refractivity contribution in [2.45, 2.75) is 24.2 Å². The molecule has 0 saturated heterocycles. The van der Waals surface area contributed by atoms with Crippen LogP contribution in [0.25, 0.3) is 0 Å². The summed E-state index contributed by atoms with van der Waals surface area (Å²) in [6, 6.07) is 14.0. The lowest BCUT2D eigenvalue weighted by atomic mass is 9.83. The van der Waals surface area contributed by atoms with Gasteiger partial charge >= 0.3 is 6.18 Å². The van der Waals surface area contributed by atoms with Gasteiger partial charge in [0.25, 0.3) is 0 Å². The standard InChI is InChI=1S/C16H16F3NO/c17-16(18,19)15(21,13-9-5-2-6-10-13)14(20)11-12-7-3-1-4-8-12/h1-10,14,21H,11,20H2. The van der Waals surface area contributed by atoms with Crippen LogP contribution >= 0.6 is 0 Å². The average molecular weight is 295 g/mol. The average Bonchev–Trinajstić information content (AvgIpc) is 2.47. The van der Waals surface area contributed by atoms with Crippen LogP contribution in [0.15, 0.2) is 60.7 Å². The quantitative estimate of drug-likeness (QED) is 0.911. The monoisotopic (exact) mass is 295 g/mol. The summed E-state index contributed by atoms with van der Waals surface area (Å²) in [5, 5.41) is 10.3. The zero-order valence-electron chi connectivity index (χ0n) is 11.2. The van der Waals surface area contributed by atoms with E-state index >= 15 is 0 Å². The van der Waals surface area contributed by atoms with Crippen molar-refractivity contribution in [2.75, 3.05) is 0 Å². The van der Waals surface area contributed by atoms with Gasteiger partial charge in [-0.05, 0) is 17.5 Å². The Bertz CT molecular complexity index is 571. The highest BCUT2D eigenvalue weighted by Crippen LogP contribution is 2.41. The molecule has 0 heterocycles. The SMILES string of the molecule is NC(Cc1ccccc1)C(O)(c1ccccc1)C(F)(F)F. The molecule has 0 bridgehead atoms. The predicted octanol–water partition coefficient (Wildman–Crippen LogP) is 3.01. The summed E-state index contributed by atoms with van der Waals surface area (Å²) < 4.78 is 40.2. The summed E-state index contributed by atoms with van der Waals surface area (Å²) in [6.45, 7) is 0. The topological polar surface area (TPSA) is 46.2 Å². The summed E-state index contributed by atoms with van der Waals surface area (Å²) in [6.07, 6.45) is -4.94. The number of aliphatic hydroxyl groups is 1. The van der Waals surface area contributed by atoms with Crippen LogP contribution in [0.5, 0.6) is 0 Å². The number of alkyl halides is 3. The highest BCUT2D eigenvalue weighted by molar-refractivity contribution is 5.28. The lowest BCUT2D eigenvalue weighted by molar-refractivity contribution is -0.274. The third-order valence-electron chi connectivity index (χ3n) is 3.48. The van der Waals surface area contributed by atoms with Crippen LogP contribution in [-0.4, -0.2) is 17.3 Å². The van der Waals surface area contributed by atoms with Crippen molar-refractivity contribution in [1.82, 2.24) is 0 Å². The number of rotatable bonds is 4. The van der Waals surface area contributed by atoms with E-state index in [0.29, 0.717) is 5.56 Å². The van der Waals surface area contributed by atoms with Gasteiger partial charge in [-0.1, -0.05) is 60.7 Å². The van der Waals surface area contributed by atoms with Crippen LogP contribution in [0.2, 0.25) is 0 Å². The minimum atomic E-state index is -4.86. The fourth-order valence-corrected chi connectivity index (χ4v) is 2.30. The maximum absolute atomic E-state index is 13.4. The van der Waals surface area contributed by atoms with Crippen LogP contribution in [0.1, 0.15) is 11.1 Å². The molecule has 5 heteroatoms. The second-order valence-corrected chi connectivity index (χ2v) is 4.93. The number of hydrogen-bond donors (Lipinski definition) is 2. The van der Waals surface area contributed by atoms with E-state index in [1.165, 1.54) is 24.3 Å². The van der Waals surface area contributed by atoms with E-state index < -0.39 is 17.8 Å². The van der Waals surface area contributed by atoms with Crippen LogP contribution in [0.4, 0.5) is 13.2 Å². The predicted molar refractivity (Wildman–Crippen MR) is 74.5 cm³/mol. The molecule has 112 valence electrons. The van der Waals surface area contributed by atoms with Crippen LogP contribution < -0.4 is 5.73 Å². The largest absolute Gasteiger partial charge is 0.423 e. The molecule has 0 aliphatic rings. The molecule has 2 aromatic carbocycles. The molecule has 2 aromatic rings. The summed E-state index contributed by atoms with van der Waals surface area (Å²) in [7, 11) is 0. The second-order valence-electron chi connectivity index (χ2n) is 4.93. The molecule has 0 aliphatic heterocycles. The van der Waals surface area contributed by atoms with Crippen LogP contribution in [-0.2, 0) is 12.0 Å². The Morgan fingerprint density at radius 3 is 1.86 bits per heavy atom. The Morgan fingerprint density at radius 2 is 1.38 bits per heavy atom. The van der Waals surface area contributed by atoms with Crippen molar-refractivity contribution in [1.29, 1.82) is 0 Å². The summed E-state index contributed by atoms with van der Waals surface area (Å²) in [5.74, 6) is 0. The Morgan fingerprint density at radius 1 is 0.905 bits per heavy atom. The molecule has 2 nitrogen and oxygen atoms in total. The van der Waals surface area contributed by atoms with Gasteiger partial charge in [0, 0.05) is 0 Å². The van der Waals surface area contributed by atoms with Crippen LogP contribution in [0, 0.1) is 0 Å². The fourth-order valence-electron chi connectivity index (χ4n) is 2.30. The van der Waals surface area contributed by atoms with E-state index in [1.54, 1.807) is 36.4 Å². The first-order chi connectivity index (χ1) is 9.85. The first kappa shape index (κ1) is 15.5. The first-order valence-corrected chi connectivity index (χ1v) is 6.50. The van der Waals surface area contributed by atoms with Gasteiger partial charge in [0.05, 0.1) is 6.04 Å². The van der Waals surface area contributed by atoms with Crippen molar-refractivity contribution in [3.8, 4) is 0 Å². The van der Waals surface area contributed by atoms with E-state index in [0.717, 1.165) is 0 Å². The summed E-state index contributed by atoms with van der Waals surface area (Å²) in [5.41, 5.74) is 3.05. The molecule has 0 radical (unpaired) electrons. The molecule has 2 atom stereocenters. The molecular formula is C16H16F3NO. The molecule has 3 N–H and O–H groups in total. The Hall–Kier alpha value is -1.85. The normalized spacial score (nSPS) is 16.2. The second kappa shape index (κ2) is 5.87. The van der Waals surface area contributed by atoms with E-state index in [4.69, 9.17) is 5.73 Å². The minimum Gasteiger partial charge on any atom is -0.375 e. The lowest BCUT2D eigenvalue weighted by Gasteiger charge is -2.36. The molecule has 2 rings (SSSR count). The van der Waals surface area contributed by atoms with Gasteiger partial charge in [-0.15, -0.1) is 0 Å². The van der Waals surface area contributed by atoms with E-state index in [9.17, 15) is 18.3 Å². The van der Waals surface area contributed by atoms with Gasteiger partial charge in [-0.3, -0.25) is 0 Å². The molecule has 0 amide bonds. The van der Waals surface area contributed by atoms with Crippen molar-refractivity contribution in [3.05, 3.63) is 71.8 Å². The van der Waals surface area contributed by atoms with Gasteiger partial charge in [0.1, 0.15) is 0 Å². The Kier molecular flexibility index (Phi) is 4.34. The number of halogens is 3. The van der Waals surface area contributed by atoms with Crippen molar-refractivity contribution < 1.29 is 18.3 Å². The molecule has 0 fully saturated rings. The number of nitrogens with two attached hydrogens (primary N) is 1. The highest BCUT2D eigenvalue weighted by atomic mass is 19.4. The van der Waals surface area contributed by atoms with Gasteiger partial charge in [0.2, 0.25) is 5.60 Å². The lowest BCUT2D eigenvalue weighted by Crippen LogP contribution is -2.56. The molecule has 0 spiro atoms. The zero-order chi connectivity index (χ0) is 15.5. The highest BCUT2D eigenvalue weighted by Gasteiger charge is 2.58. The zero-order valence-corrected chi connectivity index (χ0v) is 11.2. The van der Waals surface area contributed by atoms with E-state index in [-0.39, 0.29) is 12.0 Å². The Labute approximate surface area is 121 Å². The summed E-state index contributed by atoms with van der Waals surface area (Å²) in [4.78, 5) is 0. The molecule has 0 aromatic heterocycles. The molecular weight excluding hydrogens is 279 g/mol. The fraction of sp³-hybridized carbons (Fsp3) is 0.250. The van der Waals surface area contributed by atoms with Crippen LogP contribution in [0.3, 0.4) is 0 Å². The Balaban J connectivity index is 2.37. The van der Waals surface area contributed by atoms with Gasteiger partial charge in [-0.25, -0.2) is 0 Å². The van der Waals surface area contributed by atoms with E-state index in [2.05, 4.69) is 0 Å². The smallest absolute Gasteiger partial charge is 0.375 e. The molecule has 21 heavy (non-hydrogen) atoms. The minimum absolute atomic E-state index is 0.0776. The molecule has 0 aliphatic carbocycles. The molecule has 2 unspecified atom stereocenters. The summed E-state index contributed by atoms with van der Waals surface area (Å²) >= 11 is 0. The van der Waals surface area contributed by atoms with E-state index in [1.807, 2.05) is 0 Å². The third-order valence-corrected chi connectivity index (χ3v) is 3.48. The maximum Gasteiger partial charge on any atom is 0.423 e. The number of benzene rings is 2. The first-order valence-electron chi connectivity index (χ1n) is 6.50. The maximum atomic E-state index is 13.4. The van der Waals surface area contributed by atoms with Gasteiger partial charge < -0.3 is 10.8 Å². The third kappa shape index (κ3) is 3.09. The van der Waals surface area contributed by atoms with Crippen molar-refractivity contribution in [3.63, 3.8) is 0 Å².